The van der Waals surface area contributed by atoms with Crippen molar-refractivity contribution in [1.82, 2.24) is 5.32 Å². The fourth-order valence-electron chi connectivity index (χ4n) is 1.57. The molecule has 96 valence electrons. The van der Waals surface area contributed by atoms with E-state index in [-0.39, 0.29) is 31.1 Å². The predicted molar refractivity (Wildman–Crippen MR) is 64.6 cm³/mol. The zero-order valence-electron chi connectivity index (χ0n) is 9.90. The normalized spacial score (nSPS) is 15.1. The van der Waals surface area contributed by atoms with Crippen LogP contribution in [0.4, 0.5) is 5.69 Å². The third-order valence-corrected chi connectivity index (χ3v) is 2.53. The van der Waals surface area contributed by atoms with Crippen LogP contribution in [0.2, 0.25) is 0 Å². The molecule has 0 aliphatic carbocycles. The van der Waals surface area contributed by atoms with Crippen LogP contribution in [0.25, 0.3) is 0 Å². The van der Waals surface area contributed by atoms with Crippen LogP contribution in [0, 0.1) is 0 Å². The Bertz CT molecular complexity index is 487. The molecule has 2 amide bonds. The number of anilines is 1. The van der Waals surface area contributed by atoms with Gasteiger partial charge >= 0.3 is 0 Å². The van der Waals surface area contributed by atoms with Crippen LogP contribution in [0.3, 0.4) is 0 Å². The van der Waals surface area contributed by atoms with Crippen molar-refractivity contribution in [3.63, 3.8) is 0 Å². The number of nitrogens with one attached hydrogen (secondary N) is 2. The van der Waals surface area contributed by atoms with Gasteiger partial charge in [0.05, 0.1) is 12.3 Å². The second kappa shape index (κ2) is 5.05. The third kappa shape index (κ3) is 2.60. The van der Waals surface area contributed by atoms with E-state index in [1.54, 1.807) is 25.1 Å². The summed E-state index contributed by atoms with van der Waals surface area (Å²) in [5.74, 6) is -0.0349. The number of aliphatic hydroxyl groups is 1. The summed E-state index contributed by atoms with van der Waals surface area (Å²) in [7, 11) is 0. The van der Waals surface area contributed by atoms with Gasteiger partial charge in [0.25, 0.3) is 11.8 Å². The van der Waals surface area contributed by atoms with Crippen molar-refractivity contribution in [2.75, 3.05) is 18.5 Å². The highest BCUT2D eigenvalue weighted by Crippen LogP contribution is 2.28. The minimum atomic E-state index is -0.311. The molecule has 2 rings (SSSR count). The second-order valence-electron chi connectivity index (χ2n) is 4.10. The largest absolute Gasteiger partial charge is 0.482 e. The fraction of sp³-hybridized carbons (Fsp3) is 0.333. The van der Waals surface area contributed by atoms with E-state index in [9.17, 15) is 9.59 Å². The lowest BCUT2D eigenvalue weighted by molar-refractivity contribution is -0.118. The van der Waals surface area contributed by atoms with Crippen molar-refractivity contribution >= 4 is 17.5 Å². The average Bonchev–Trinajstić information content (AvgIpc) is 2.37. The number of hydrogen-bond acceptors (Lipinski definition) is 4. The molecule has 1 aromatic rings. The predicted octanol–water partition coefficient (Wildman–Crippen LogP) is 0.128. The van der Waals surface area contributed by atoms with E-state index >= 15 is 0 Å². The summed E-state index contributed by atoms with van der Waals surface area (Å²) < 4.78 is 5.22. The van der Waals surface area contributed by atoms with Crippen molar-refractivity contribution in [3.05, 3.63) is 23.8 Å². The van der Waals surface area contributed by atoms with Gasteiger partial charge in [0.1, 0.15) is 5.75 Å². The van der Waals surface area contributed by atoms with Gasteiger partial charge in [0.2, 0.25) is 0 Å². The summed E-state index contributed by atoms with van der Waals surface area (Å²) in [6, 6.07) is 4.46. The van der Waals surface area contributed by atoms with Crippen LogP contribution in [0.5, 0.6) is 5.75 Å². The molecule has 18 heavy (non-hydrogen) atoms. The molecule has 1 aromatic carbocycles. The monoisotopic (exact) mass is 250 g/mol. The first-order chi connectivity index (χ1) is 8.60. The topological polar surface area (TPSA) is 87.7 Å². The van der Waals surface area contributed by atoms with E-state index in [4.69, 9.17) is 9.84 Å². The standard InChI is InChI=1S/C12H14N2O4/c1-7(5-15)13-12(17)8-2-3-9-10(4-8)18-6-11(16)14-9/h2-4,7,15H,5-6H2,1H3,(H,13,17)(H,14,16)/t7-/m0/s1. The third-order valence-electron chi connectivity index (χ3n) is 2.53. The van der Waals surface area contributed by atoms with Gasteiger partial charge < -0.3 is 20.5 Å². The average molecular weight is 250 g/mol. The SMILES string of the molecule is C[C@@H](CO)NC(=O)c1ccc2c(c1)OCC(=O)N2. The number of hydrogen-bond donors (Lipinski definition) is 3. The van der Waals surface area contributed by atoms with E-state index in [1.165, 1.54) is 0 Å². The molecule has 0 aromatic heterocycles. The first-order valence-corrected chi connectivity index (χ1v) is 5.58. The molecular formula is C12H14N2O4. The summed E-state index contributed by atoms with van der Waals surface area (Å²) in [5, 5.41) is 14.1. The highest BCUT2D eigenvalue weighted by molar-refractivity contribution is 5.99. The molecule has 0 bridgehead atoms. The van der Waals surface area contributed by atoms with Crippen molar-refractivity contribution in [3.8, 4) is 5.75 Å². The van der Waals surface area contributed by atoms with Gasteiger partial charge in [0.15, 0.2) is 6.61 Å². The summed E-state index contributed by atoms with van der Waals surface area (Å²) in [5.41, 5.74) is 0.975. The molecule has 6 heteroatoms. The van der Waals surface area contributed by atoms with Gasteiger partial charge in [0, 0.05) is 11.6 Å². The van der Waals surface area contributed by atoms with Crippen molar-refractivity contribution < 1.29 is 19.4 Å². The van der Waals surface area contributed by atoms with Crippen molar-refractivity contribution in [1.29, 1.82) is 0 Å². The van der Waals surface area contributed by atoms with E-state index in [2.05, 4.69) is 10.6 Å². The van der Waals surface area contributed by atoms with Gasteiger partial charge in [-0.15, -0.1) is 0 Å². The Kier molecular flexibility index (Phi) is 3.47. The maximum atomic E-state index is 11.8. The maximum absolute atomic E-state index is 11.8. The maximum Gasteiger partial charge on any atom is 0.262 e. The van der Waals surface area contributed by atoms with E-state index < -0.39 is 0 Å². The van der Waals surface area contributed by atoms with Crippen LogP contribution in [-0.2, 0) is 4.79 Å². The Balaban J connectivity index is 2.16. The number of carbonyl (C=O) groups is 2. The smallest absolute Gasteiger partial charge is 0.262 e. The summed E-state index contributed by atoms with van der Waals surface area (Å²) in [4.78, 5) is 22.9. The van der Waals surface area contributed by atoms with Crippen LogP contribution in [0.1, 0.15) is 17.3 Å². The van der Waals surface area contributed by atoms with Gasteiger partial charge in [-0.3, -0.25) is 9.59 Å². The van der Waals surface area contributed by atoms with Gasteiger partial charge in [-0.05, 0) is 25.1 Å². The molecule has 0 radical (unpaired) electrons. The molecule has 0 spiro atoms. The van der Waals surface area contributed by atoms with Gasteiger partial charge in [-0.2, -0.15) is 0 Å². The number of rotatable bonds is 3. The number of fused-ring (bicyclic) bond motifs is 1. The lowest BCUT2D eigenvalue weighted by Gasteiger charge is -2.18. The fourth-order valence-corrected chi connectivity index (χ4v) is 1.57. The summed E-state index contributed by atoms with van der Waals surface area (Å²) in [6.45, 7) is 1.53. The number of benzene rings is 1. The zero-order chi connectivity index (χ0) is 13.1. The Morgan fingerprint density at radius 3 is 3.11 bits per heavy atom. The highest BCUT2D eigenvalue weighted by Gasteiger charge is 2.18. The molecule has 0 saturated heterocycles. The minimum absolute atomic E-state index is 0.0505. The van der Waals surface area contributed by atoms with Crippen LogP contribution in [0.15, 0.2) is 18.2 Å². The van der Waals surface area contributed by atoms with Crippen LogP contribution >= 0.6 is 0 Å². The van der Waals surface area contributed by atoms with E-state index in [0.29, 0.717) is 17.0 Å². The van der Waals surface area contributed by atoms with Crippen molar-refractivity contribution in [2.24, 2.45) is 0 Å². The first kappa shape index (κ1) is 12.4. The number of aliphatic hydroxyl groups excluding tert-OH is 1. The summed E-state index contributed by atoms with van der Waals surface area (Å²) in [6.07, 6.45) is 0. The number of carbonyl (C=O) groups excluding carboxylic acids is 2. The zero-order valence-corrected chi connectivity index (χ0v) is 9.90. The van der Waals surface area contributed by atoms with Crippen LogP contribution in [-0.4, -0.2) is 36.2 Å². The Morgan fingerprint density at radius 2 is 2.39 bits per heavy atom. The molecule has 0 fully saturated rings. The Hall–Kier alpha value is -2.08. The van der Waals surface area contributed by atoms with Gasteiger partial charge in [-0.25, -0.2) is 0 Å². The quantitative estimate of drug-likeness (QED) is 0.711. The second-order valence-corrected chi connectivity index (χ2v) is 4.10. The minimum Gasteiger partial charge on any atom is -0.482 e. The molecule has 6 nitrogen and oxygen atoms in total. The van der Waals surface area contributed by atoms with Gasteiger partial charge in [-0.1, -0.05) is 0 Å². The lowest BCUT2D eigenvalue weighted by Crippen LogP contribution is -2.35. The number of amides is 2. The van der Waals surface area contributed by atoms with Crippen molar-refractivity contribution in [2.45, 2.75) is 13.0 Å². The molecular weight excluding hydrogens is 236 g/mol. The molecule has 0 saturated carbocycles. The summed E-state index contributed by atoms with van der Waals surface area (Å²) >= 11 is 0. The lowest BCUT2D eigenvalue weighted by atomic mass is 10.1. The highest BCUT2D eigenvalue weighted by atomic mass is 16.5. The molecule has 1 heterocycles. The molecule has 1 aliphatic rings. The van der Waals surface area contributed by atoms with E-state index in [1.807, 2.05) is 0 Å². The molecule has 1 atom stereocenters. The Morgan fingerprint density at radius 1 is 1.61 bits per heavy atom. The number of ether oxygens (including phenoxy) is 1. The molecule has 0 unspecified atom stereocenters. The Labute approximate surface area is 104 Å². The first-order valence-electron chi connectivity index (χ1n) is 5.58. The molecule has 3 N–H and O–H groups in total. The molecule has 1 aliphatic heterocycles. The van der Waals surface area contributed by atoms with Crippen LogP contribution < -0.4 is 15.4 Å². The van der Waals surface area contributed by atoms with E-state index in [0.717, 1.165) is 0 Å².